The van der Waals surface area contributed by atoms with E-state index in [4.69, 9.17) is 11.6 Å². The monoisotopic (exact) mass is 292 g/mol. The quantitative estimate of drug-likeness (QED) is 0.584. The van der Waals surface area contributed by atoms with Crippen molar-refractivity contribution in [1.82, 2.24) is 9.97 Å². The molecule has 4 heteroatoms. The van der Waals surface area contributed by atoms with Crippen LogP contribution >= 0.6 is 11.6 Å². The van der Waals surface area contributed by atoms with E-state index in [2.05, 4.69) is 24.8 Å². The maximum atomic E-state index is 5.73. The Morgan fingerprint density at radius 3 is 2.33 bits per heavy atom. The fraction of sp³-hybridized carbons (Fsp3) is 0.500. The molecule has 0 fully saturated rings. The van der Waals surface area contributed by atoms with Crippen LogP contribution in [0.25, 0.3) is 0 Å². The molecule has 0 saturated carbocycles. The van der Waals surface area contributed by atoms with Gasteiger partial charge >= 0.3 is 82.4 Å². The van der Waals surface area contributed by atoms with Gasteiger partial charge in [0.1, 0.15) is 0 Å². The third-order valence-electron chi connectivity index (χ3n) is 1.65. The van der Waals surface area contributed by atoms with Crippen LogP contribution in [0, 0.1) is 6.92 Å². The summed E-state index contributed by atoms with van der Waals surface area (Å²) in [5.74, 6) is 0. The minimum absolute atomic E-state index is 0.377. The first-order valence-corrected chi connectivity index (χ1v) is 14.3. The maximum absolute atomic E-state index is 5.73. The van der Waals surface area contributed by atoms with Gasteiger partial charge in [-0.05, 0) is 0 Å². The second kappa shape index (κ2) is 3.50. The SMILES string of the molecule is Cc1cnc(Cl)n[c]1[Sn]([CH3])([CH3])[CH3]. The van der Waals surface area contributed by atoms with Gasteiger partial charge in [-0.3, -0.25) is 0 Å². The third kappa shape index (κ3) is 2.33. The van der Waals surface area contributed by atoms with E-state index in [1.54, 1.807) is 0 Å². The molecule has 0 bridgehead atoms. The van der Waals surface area contributed by atoms with Crippen molar-refractivity contribution in [3.63, 3.8) is 0 Å². The first kappa shape index (κ1) is 10.3. The van der Waals surface area contributed by atoms with Crippen molar-refractivity contribution in [3.8, 4) is 0 Å². The zero-order valence-corrected chi connectivity index (χ0v) is 11.5. The van der Waals surface area contributed by atoms with Gasteiger partial charge in [0.05, 0.1) is 0 Å². The van der Waals surface area contributed by atoms with Gasteiger partial charge in [-0.15, -0.1) is 0 Å². The average Bonchev–Trinajstić information content (AvgIpc) is 1.92. The molecule has 0 aliphatic rings. The zero-order chi connectivity index (χ0) is 9.35. The normalized spacial score (nSPS) is 11.8. The van der Waals surface area contributed by atoms with Gasteiger partial charge in [-0.25, -0.2) is 0 Å². The van der Waals surface area contributed by atoms with Crippen molar-refractivity contribution in [2.45, 2.75) is 21.7 Å². The second-order valence-corrected chi connectivity index (χ2v) is 18.5. The number of halogens is 1. The molecule has 0 amide bonds. The molecule has 0 aliphatic carbocycles. The Kier molecular flexibility index (Phi) is 2.99. The van der Waals surface area contributed by atoms with E-state index in [-0.39, 0.29) is 0 Å². The number of nitrogens with zero attached hydrogens (tertiary/aromatic N) is 2. The summed E-state index contributed by atoms with van der Waals surface area (Å²) in [7, 11) is 0. The van der Waals surface area contributed by atoms with E-state index in [0.29, 0.717) is 5.28 Å². The predicted octanol–water partition coefficient (Wildman–Crippen LogP) is 1.98. The predicted molar refractivity (Wildman–Crippen MR) is 54.8 cm³/mol. The van der Waals surface area contributed by atoms with E-state index in [1.165, 1.54) is 9.27 Å². The molecule has 0 N–H and O–H groups in total. The van der Waals surface area contributed by atoms with Crippen LogP contribution in [0.5, 0.6) is 0 Å². The van der Waals surface area contributed by atoms with Crippen molar-refractivity contribution < 1.29 is 0 Å². The Balaban J connectivity index is 3.23. The van der Waals surface area contributed by atoms with Gasteiger partial charge in [0, 0.05) is 0 Å². The molecule has 0 aliphatic heterocycles. The standard InChI is InChI=1S/C5H4ClN2.3CH3.Sn/c1-4-2-7-5(6)8-3-4;;;;/h2H,1H3;3*1H3;. The molecule has 1 aromatic heterocycles. The molecule has 0 atom stereocenters. The first-order valence-electron chi connectivity index (χ1n) is 3.91. The molecule has 1 aromatic rings. The fourth-order valence-corrected chi connectivity index (χ4v) is 6.34. The number of aryl methyl sites for hydroxylation is 1. The Hall–Kier alpha value is 0.169. The molecule has 1 heterocycles. The molecule has 66 valence electrons. The molecule has 0 saturated heterocycles. The Bertz CT molecular complexity index is 294. The van der Waals surface area contributed by atoms with Crippen molar-refractivity contribution in [2.75, 3.05) is 0 Å². The Morgan fingerprint density at radius 1 is 1.33 bits per heavy atom. The number of rotatable bonds is 1. The average molecular weight is 291 g/mol. The number of aromatic nitrogens is 2. The summed E-state index contributed by atoms with van der Waals surface area (Å²) >= 11 is 3.68. The Morgan fingerprint density at radius 2 is 1.92 bits per heavy atom. The van der Waals surface area contributed by atoms with Crippen LogP contribution < -0.4 is 3.71 Å². The van der Waals surface area contributed by atoms with Crippen molar-refractivity contribution in [3.05, 3.63) is 17.0 Å². The topological polar surface area (TPSA) is 25.8 Å². The van der Waals surface area contributed by atoms with E-state index in [1.807, 2.05) is 13.1 Å². The zero-order valence-electron chi connectivity index (χ0n) is 7.85. The minimum atomic E-state index is -2.05. The van der Waals surface area contributed by atoms with Crippen LogP contribution in [0.2, 0.25) is 20.1 Å². The molecule has 12 heavy (non-hydrogen) atoms. The van der Waals surface area contributed by atoms with Gasteiger partial charge in [0.25, 0.3) is 0 Å². The molecular formula is C8H13ClN2Sn. The third-order valence-corrected chi connectivity index (χ3v) is 7.33. The van der Waals surface area contributed by atoms with Crippen molar-refractivity contribution in [1.29, 1.82) is 0 Å². The van der Waals surface area contributed by atoms with Crippen LogP contribution in [-0.2, 0) is 0 Å². The first-order chi connectivity index (χ1) is 5.41. The van der Waals surface area contributed by atoms with Crippen LogP contribution in [0.3, 0.4) is 0 Å². The van der Waals surface area contributed by atoms with Crippen LogP contribution in [0.1, 0.15) is 5.56 Å². The van der Waals surface area contributed by atoms with Crippen molar-refractivity contribution in [2.24, 2.45) is 0 Å². The fourth-order valence-electron chi connectivity index (χ4n) is 1.18. The molecule has 0 aromatic carbocycles. The van der Waals surface area contributed by atoms with E-state index in [9.17, 15) is 0 Å². The van der Waals surface area contributed by atoms with Crippen LogP contribution in [0.15, 0.2) is 6.20 Å². The van der Waals surface area contributed by atoms with Gasteiger partial charge in [-0.2, -0.15) is 0 Å². The Labute approximate surface area is 82.3 Å². The number of hydrogen-bond donors (Lipinski definition) is 0. The summed E-state index contributed by atoms with van der Waals surface area (Å²) in [6.45, 7) is 2.05. The summed E-state index contributed by atoms with van der Waals surface area (Å²) in [5.41, 5.74) is 1.18. The summed E-state index contributed by atoms with van der Waals surface area (Å²) < 4.78 is 1.23. The van der Waals surface area contributed by atoms with E-state index >= 15 is 0 Å². The summed E-state index contributed by atoms with van der Waals surface area (Å²) in [4.78, 5) is 15.2. The molecular weight excluding hydrogens is 278 g/mol. The van der Waals surface area contributed by atoms with Gasteiger partial charge in [0.15, 0.2) is 0 Å². The summed E-state index contributed by atoms with van der Waals surface area (Å²) in [6, 6.07) is 0. The summed E-state index contributed by atoms with van der Waals surface area (Å²) in [5, 5.41) is 0.377. The molecule has 2 nitrogen and oxygen atoms in total. The van der Waals surface area contributed by atoms with Gasteiger partial charge in [0.2, 0.25) is 0 Å². The number of hydrogen-bond acceptors (Lipinski definition) is 2. The van der Waals surface area contributed by atoms with Gasteiger partial charge in [-0.1, -0.05) is 0 Å². The van der Waals surface area contributed by atoms with E-state index < -0.39 is 18.4 Å². The van der Waals surface area contributed by atoms with Gasteiger partial charge < -0.3 is 0 Å². The van der Waals surface area contributed by atoms with Crippen LogP contribution in [-0.4, -0.2) is 28.3 Å². The molecule has 1 rings (SSSR count). The second-order valence-electron chi connectivity index (χ2n) is 3.92. The molecule has 0 radical (unpaired) electrons. The summed E-state index contributed by atoms with van der Waals surface area (Å²) in [6.07, 6.45) is 1.81. The molecule has 0 spiro atoms. The molecule has 0 unspecified atom stereocenters. The van der Waals surface area contributed by atoms with E-state index in [0.717, 1.165) is 0 Å². The van der Waals surface area contributed by atoms with Crippen molar-refractivity contribution >= 4 is 33.7 Å². The van der Waals surface area contributed by atoms with Crippen LogP contribution in [0.4, 0.5) is 0 Å².